The summed E-state index contributed by atoms with van der Waals surface area (Å²) in [5.74, 6) is 0.483. The number of carbonyl (C=O) groups excluding carboxylic acids is 1. The topological polar surface area (TPSA) is 105 Å². The minimum atomic E-state index is -3.88. The van der Waals surface area contributed by atoms with Crippen LogP contribution < -0.4 is 15.0 Å². The molecule has 3 aromatic rings. The van der Waals surface area contributed by atoms with Crippen LogP contribution in [-0.4, -0.2) is 37.2 Å². The van der Waals surface area contributed by atoms with Gasteiger partial charge in [-0.05, 0) is 42.0 Å². The van der Waals surface area contributed by atoms with Gasteiger partial charge in [-0.15, -0.1) is 11.3 Å². The summed E-state index contributed by atoms with van der Waals surface area (Å²) < 4.78 is 39.8. The first-order valence-corrected chi connectivity index (χ1v) is 12.7. The van der Waals surface area contributed by atoms with E-state index < -0.39 is 15.9 Å². The van der Waals surface area contributed by atoms with Crippen molar-refractivity contribution in [3.8, 4) is 11.5 Å². The van der Waals surface area contributed by atoms with Crippen molar-refractivity contribution in [2.75, 3.05) is 13.3 Å². The Labute approximate surface area is 193 Å². The molecule has 2 N–H and O–H groups in total. The summed E-state index contributed by atoms with van der Waals surface area (Å²) in [5.41, 5.74) is 2.24. The van der Waals surface area contributed by atoms with E-state index in [-0.39, 0.29) is 30.5 Å². The van der Waals surface area contributed by atoms with Crippen molar-refractivity contribution in [2.24, 2.45) is 0 Å². The smallest absolute Gasteiger partial charge is 0.252 e. The van der Waals surface area contributed by atoms with Gasteiger partial charge in [0.2, 0.25) is 12.7 Å². The minimum Gasteiger partial charge on any atom is -0.454 e. The number of amides is 1. The first-order valence-electron chi connectivity index (χ1n) is 9.60. The van der Waals surface area contributed by atoms with E-state index in [9.17, 15) is 13.2 Å². The van der Waals surface area contributed by atoms with E-state index in [4.69, 9.17) is 14.7 Å². The van der Waals surface area contributed by atoms with Crippen LogP contribution in [0.25, 0.3) is 0 Å². The summed E-state index contributed by atoms with van der Waals surface area (Å²) in [5, 5.41) is 8.81. The molecule has 0 bridgehead atoms. The molecule has 0 fully saturated rings. The average molecular weight is 493 g/mol. The number of hydrogen-bond donors (Lipinski definition) is 2. The molecule has 0 saturated carbocycles. The minimum absolute atomic E-state index is 0.0384. The summed E-state index contributed by atoms with van der Waals surface area (Å²) >= 11 is 2.66. The molecule has 0 unspecified atom stereocenters. The fourth-order valence-corrected chi connectivity index (χ4v) is 7.20. The molecule has 0 spiro atoms. The SMILES string of the molecule is O=C(CCN(Cc1ccc2c(c1)OCO2)S(=O)(=O)c1ccc(Sc2ccccc2)s1)NO. The van der Waals surface area contributed by atoms with Crippen LogP contribution in [0.15, 0.2) is 74.0 Å². The number of hydroxylamine groups is 1. The van der Waals surface area contributed by atoms with Gasteiger partial charge >= 0.3 is 0 Å². The van der Waals surface area contributed by atoms with Crippen molar-refractivity contribution in [2.45, 2.75) is 26.3 Å². The molecule has 1 aliphatic rings. The normalized spacial score (nSPS) is 12.8. The van der Waals surface area contributed by atoms with Crippen molar-refractivity contribution in [1.29, 1.82) is 0 Å². The number of nitrogens with zero attached hydrogens (tertiary/aromatic N) is 1. The lowest BCUT2D eigenvalue weighted by Crippen LogP contribution is -2.34. The molecule has 1 aromatic heterocycles. The van der Waals surface area contributed by atoms with Gasteiger partial charge in [-0.3, -0.25) is 10.0 Å². The zero-order chi connectivity index (χ0) is 22.6. The largest absolute Gasteiger partial charge is 0.454 e. The van der Waals surface area contributed by atoms with Crippen LogP contribution in [0, 0.1) is 0 Å². The number of hydrogen-bond acceptors (Lipinski definition) is 8. The van der Waals surface area contributed by atoms with Gasteiger partial charge in [-0.1, -0.05) is 36.0 Å². The van der Waals surface area contributed by atoms with Crippen LogP contribution in [0.5, 0.6) is 11.5 Å². The predicted octanol–water partition coefficient (Wildman–Crippen LogP) is 3.71. The third-order valence-electron chi connectivity index (χ3n) is 4.62. The van der Waals surface area contributed by atoms with E-state index in [0.29, 0.717) is 17.1 Å². The van der Waals surface area contributed by atoms with Crippen LogP contribution in [0.4, 0.5) is 0 Å². The van der Waals surface area contributed by atoms with E-state index >= 15 is 0 Å². The quantitative estimate of drug-likeness (QED) is 0.346. The maximum atomic E-state index is 13.4. The summed E-state index contributed by atoms with van der Waals surface area (Å²) in [6, 6.07) is 18.2. The molecule has 32 heavy (non-hydrogen) atoms. The average Bonchev–Trinajstić information content (AvgIpc) is 3.46. The molecule has 0 saturated heterocycles. The molecule has 168 valence electrons. The molecule has 11 heteroatoms. The van der Waals surface area contributed by atoms with E-state index in [2.05, 4.69) is 0 Å². The summed E-state index contributed by atoms with van der Waals surface area (Å²) in [7, 11) is -3.88. The van der Waals surface area contributed by atoms with Crippen LogP contribution >= 0.6 is 23.1 Å². The Kier molecular flexibility index (Phi) is 7.01. The van der Waals surface area contributed by atoms with Crippen molar-refractivity contribution in [1.82, 2.24) is 9.79 Å². The molecule has 4 rings (SSSR count). The van der Waals surface area contributed by atoms with Crippen molar-refractivity contribution in [3.63, 3.8) is 0 Å². The Morgan fingerprint density at radius 2 is 1.88 bits per heavy atom. The van der Waals surface area contributed by atoms with Crippen LogP contribution in [-0.2, 0) is 21.4 Å². The number of nitrogens with one attached hydrogen (secondary N) is 1. The first-order chi connectivity index (χ1) is 15.5. The molecule has 1 aliphatic heterocycles. The number of sulfonamides is 1. The summed E-state index contributed by atoms with van der Waals surface area (Å²) in [4.78, 5) is 12.6. The second-order valence-corrected chi connectivity index (χ2v) is 11.4. The fraction of sp³-hybridized carbons (Fsp3) is 0.190. The second-order valence-electron chi connectivity index (χ2n) is 6.80. The van der Waals surface area contributed by atoms with Gasteiger partial charge in [-0.2, -0.15) is 4.31 Å². The molecule has 0 atom stereocenters. The maximum absolute atomic E-state index is 13.4. The van der Waals surface area contributed by atoms with Crippen LogP contribution in [0.1, 0.15) is 12.0 Å². The summed E-state index contributed by atoms with van der Waals surface area (Å²) in [6.45, 7) is 0.0630. The lowest BCUT2D eigenvalue weighted by Gasteiger charge is -2.21. The fourth-order valence-electron chi connectivity index (χ4n) is 3.04. The van der Waals surface area contributed by atoms with Gasteiger partial charge in [0.1, 0.15) is 4.21 Å². The van der Waals surface area contributed by atoms with Gasteiger partial charge in [0.05, 0.1) is 4.21 Å². The number of benzene rings is 2. The number of thiophene rings is 1. The second kappa shape index (κ2) is 9.92. The molecular formula is C21H20N2O6S3. The molecular weight excluding hydrogens is 472 g/mol. The third kappa shape index (κ3) is 5.25. The predicted molar refractivity (Wildman–Crippen MR) is 120 cm³/mol. The van der Waals surface area contributed by atoms with E-state index in [0.717, 1.165) is 9.10 Å². The molecule has 2 heterocycles. The maximum Gasteiger partial charge on any atom is 0.252 e. The Hall–Kier alpha value is -2.57. The van der Waals surface area contributed by atoms with E-state index in [1.54, 1.807) is 35.8 Å². The van der Waals surface area contributed by atoms with Crippen molar-refractivity contribution >= 4 is 39.0 Å². The van der Waals surface area contributed by atoms with E-state index in [1.807, 2.05) is 30.3 Å². The molecule has 8 nitrogen and oxygen atoms in total. The Bertz CT molecular complexity index is 1200. The van der Waals surface area contributed by atoms with Gasteiger partial charge in [0.15, 0.2) is 11.5 Å². The zero-order valence-electron chi connectivity index (χ0n) is 16.8. The highest BCUT2D eigenvalue weighted by molar-refractivity contribution is 8.01. The summed E-state index contributed by atoms with van der Waals surface area (Å²) in [6.07, 6.45) is -0.183. The van der Waals surface area contributed by atoms with Gasteiger partial charge in [0.25, 0.3) is 10.0 Å². The Morgan fingerprint density at radius 1 is 1.09 bits per heavy atom. The van der Waals surface area contributed by atoms with Gasteiger partial charge in [-0.25, -0.2) is 13.9 Å². The standard InChI is InChI=1S/C21H20N2O6S3/c24-19(22-25)10-11-23(13-15-6-7-17-18(12-15)29-14-28-17)32(26,27)21-9-8-20(31-21)30-16-4-2-1-3-5-16/h1-9,12,25H,10-11,13-14H2,(H,22,24). The zero-order valence-corrected chi connectivity index (χ0v) is 19.2. The number of ether oxygens (including phenoxy) is 2. The Morgan fingerprint density at radius 3 is 2.66 bits per heavy atom. The van der Waals surface area contributed by atoms with Crippen LogP contribution in [0.2, 0.25) is 0 Å². The van der Waals surface area contributed by atoms with Crippen LogP contribution in [0.3, 0.4) is 0 Å². The molecule has 0 aliphatic carbocycles. The first kappa shape index (κ1) is 22.6. The molecule has 0 radical (unpaired) electrons. The van der Waals surface area contributed by atoms with E-state index in [1.165, 1.54) is 27.4 Å². The lowest BCUT2D eigenvalue weighted by atomic mass is 10.2. The van der Waals surface area contributed by atoms with Gasteiger partial charge < -0.3 is 9.47 Å². The highest BCUT2D eigenvalue weighted by atomic mass is 32.3. The number of rotatable bonds is 9. The number of carbonyl (C=O) groups is 1. The lowest BCUT2D eigenvalue weighted by molar-refractivity contribution is -0.129. The number of fused-ring (bicyclic) bond motifs is 1. The monoisotopic (exact) mass is 492 g/mol. The molecule has 2 aromatic carbocycles. The highest BCUT2D eigenvalue weighted by Gasteiger charge is 2.28. The Balaban J connectivity index is 1.57. The van der Waals surface area contributed by atoms with Crippen molar-refractivity contribution in [3.05, 3.63) is 66.2 Å². The molecule has 1 amide bonds. The van der Waals surface area contributed by atoms with Crippen molar-refractivity contribution < 1.29 is 27.9 Å². The highest BCUT2D eigenvalue weighted by Crippen LogP contribution is 2.37. The van der Waals surface area contributed by atoms with Gasteiger partial charge in [0, 0.05) is 24.4 Å². The third-order valence-corrected chi connectivity index (χ3v) is 9.16.